The first-order chi connectivity index (χ1) is 9.13. The molecule has 19 heavy (non-hydrogen) atoms. The quantitative estimate of drug-likeness (QED) is 0.905. The fourth-order valence-corrected chi connectivity index (χ4v) is 2.94. The van der Waals surface area contributed by atoms with Crippen molar-refractivity contribution in [1.82, 2.24) is 0 Å². The fourth-order valence-electron chi connectivity index (χ4n) is 2.36. The predicted octanol–water partition coefficient (Wildman–Crippen LogP) is 4.08. The van der Waals surface area contributed by atoms with Gasteiger partial charge in [0.05, 0.1) is 23.8 Å². The largest absolute Gasteiger partial charge is 0.490 e. The topological polar surface area (TPSA) is 38.7 Å². The number of aliphatic hydroxyl groups excluding tert-OH is 1. The molecular weight excluding hydrogens is 308 g/mol. The summed E-state index contributed by atoms with van der Waals surface area (Å²) < 4.78 is 12.2. The van der Waals surface area contributed by atoms with Gasteiger partial charge in [-0.2, -0.15) is 0 Å². The van der Waals surface area contributed by atoms with Gasteiger partial charge in [-0.25, -0.2) is 0 Å². The SMILES string of the molecule is CCCC(C)C(O)c1cc(Br)c2c(c1)OCCCO2. The Hall–Kier alpha value is -0.740. The molecule has 4 heteroatoms. The van der Waals surface area contributed by atoms with Crippen LogP contribution in [-0.2, 0) is 0 Å². The molecule has 1 heterocycles. The Balaban J connectivity index is 2.27. The minimum absolute atomic E-state index is 0.238. The molecule has 1 aliphatic rings. The van der Waals surface area contributed by atoms with E-state index in [1.165, 1.54) is 0 Å². The molecule has 0 spiro atoms. The average molecular weight is 329 g/mol. The maximum Gasteiger partial charge on any atom is 0.175 e. The van der Waals surface area contributed by atoms with Crippen molar-refractivity contribution in [3.8, 4) is 11.5 Å². The highest BCUT2D eigenvalue weighted by atomic mass is 79.9. The van der Waals surface area contributed by atoms with Crippen molar-refractivity contribution >= 4 is 15.9 Å². The van der Waals surface area contributed by atoms with Crippen molar-refractivity contribution in [2.24, 2.45) is 5.92 Å². The molecule has 0 fully saturated rings. The van der Waals surface area contributed by atoms with Crippen molar-refractivity contribution in [1.29, 1.82) is 0 Å². The zero-order chi connectivity index (χ0) is 13.8. The Bertz CT molecular complexity index is 434. The third kappa shape index (κ3) is 3.42. The number of benzene rings is 1. The van der Waals surface area contributed by atoms with E-state index in [4.69, 9.17) is 9.47 Å². The van der Waals surface area contributed by atoms with Crippen molar-refractivity contribution in [2.45, 2.75) is 39.2 Å². The molecule has 1 aromatic carbocycles. The molecule has 0 saturated carbocycles. The minimum Gasteiger partial charge on any atom is -0.490 e. The molecule has 1 N–H and O–H groups in total. The van der Waals surface area contributed by atoms with Gasteiger partial charge in [-0.15, -0.1) is 0 Å². The van der Waals surface area contributed by atoms with Crippen molar-refractivity contribution < 1.29 is 14.6 Å². The van der Waals surface area contributed by atoms with Gasteiger partial charge in [0.2, 0.25) is 0 Å². The summed E-state index contributed by atoms with van der Waals surface area (Å²) in [6.45, 7) is 5.53. The molecule has 0 saturated heterocycles. The molecule has 1 aliphatic heterocycles. The summed E-state index contributed by atoms with van der Waals surface area (Å²) >= 11 is 3.51. The maximum atomic E-state index is 10.4. The average Bonchev–Trinajstić information content (AvgIpc) is 2.63. The van der Waals surface area contributed by atoms with E-state index in [1.807, 2.05) is 12.1 Å². The van der Waals surface area contributed by atoms with Crippen LogP contribution in [0.15, 0.2) is 16.6 Å². The lowest BCUT2D eigenvalue weighted by atomic mass is 9.93. The van der Waals surface area contributed by atoms with Crippen LogP contribution in [0.1, 0.15) is 44.8 Å². The molecule has 2 atom stereocenters. The second kappa shape index (κ2) is 6.62. The van der Waals surface area contributed by atoms with Gasteiger partial charge in [0.1, 0.15) is 0 Å². The van der Waals surface area contributed by atoms with E-state index in [-0.39, 0.29) is 5.92 Å². The van der Waals surface area contributed by atoms with Crippen molar-refractivity contribution in [2.75, 3.05) is 13.2 Å². The summed E-state index contributed by atoms with van der Waals surface area (Å²) in [5.41, 5.74) is 0.886. The van der Waals surface area contributed by atoms with Crippen molar-refractivity contribution in [3.05, 3.63) is 22.2 Å². The Morgan fingerprint density at radius 2 is 2.05 bits per heavy atom. The van der Waals surface area contributed by atoms with Gasteiger partial charge in [-0.05, 0) is 46.0 Å². The highest BCUT2D eigenvalue weighted by molar-refractivity contribution is 9.10. The molecule has 3 nitrogen and oxygen atoms in total. The number of fused-ring (bicyclic) bond motifs is 1. The van der Waals surface area contributed by atoms with Crippen LogP contribution in [0.2, 0.25) is 0 Å². The van der Waals surface area contributed by atoms with Crippen LogP contribution in [0.3, 0.4) is 0 Å². The number of ether oxygens (including phenoxy) is 2. The first-order valence-corrected chi connectivity index (χ1v) is 7.70. The van der Waals surface area contributed by atoms with Gasteiger partial charge in [0.15, 0.2) is 11.5 Å². The third-order valence-electron chi connectivity index (χ3n) is 3.45. The summed E-state index contributed by atoms with van der Waals surface area (Å²) in [5, 5.41) is 10.4. The smallest absolute Gasteiger partial charge is 0.175 e. The summed E-state index contributed by atoms with van der Waals surface area (Å²) in [7, 11) is 0. The molecule has 106 valence electrons. The number of rotatable bonds is 4. The van der Waals surface area contributed by atoms with Crippen LogP contribution in [0, 0.1) is 5.92 Å². The second-order valence-corrected chi connectivity index (χ2v) is 5.95. The summed E-state index contributed by atoms with van der Waals surface area (Å²) in [4.78, 5) is 0. The molecule has 1 aromatic rings. The third-order valence-corrected chi connectivity index (χ3v) is 4.04. The second-order valence-electron chi connectivity index (χ2n) is 5.09. The highest BCUT2D eigenvalue weighted by Crippen LogP contribution is 2.40. The normalized spacial score (nSPS) is 17.7. The fraction of sp³-hybridized carbons (Fsp3) is 0.600. The van der Waals surface area contributed by atoms with E-state index in [0.29, 0.717) is 13.2 Å². The lowest BCUT2D eigenvalue weighted by Gasteiger charge is -2.20. The lowest BCUT2D eigenvalue weighted by Crippen LogP contribution is -2.09. The van der Waals surface area contributed by atoms with Gasteiger partial charge >= 0.3 is 0 Å². The Labute approximate surface area is 123 Å². The monoisotopic (exact) mass is 328 g/mol. The van der Waals surface area contributed by atoms with E-state index in [9.17, 15) is 5.11 Å². The lowest BCUT2D eigenvalue weighted by molar-refractivity contribution is 0.112. The van der Waals surface area contributed by atoms with E-state index in [1.54, 1.807) is 0 Å². The van der Waals surface area contributed by atoms with Crippen LogP contribution < -0.4 is 9.47 Å². The van der Waals surface area contributed by atoms with E-state index in [0.717, 1.165) is 40.8 Å². The Morgan fingerprint density at radius 1 is 1.32 bits per heavy atom. The van der Waals surface area contributed by atoms with Gasteiger partial charge < -0.3 is 14.6 Å². The summed E-state index contributed by atoms with van der Waals surface area (Å²) in [6.07, 6.45) is 2.50. The van der Waals surface area contributed by atoms with Crippen molar-refractivity contribution in [3.63, 3.8) is 0 Å². The first kappa shape index (κ1) is 14.7. The van der Waals surface area contributed by atoms with Gasteiger partial charge in [0, 0.05) is 6.42 Å². The number of hydrogen-bond acceptors (Lipinski definition) is 3. The Kier molecular flexibility index (Phi) is 5.11. The van der Waals surface area contributed by atoms with Crippen LogP contribution in [0.4, 0.5) is 0 Å². The molecule has 2 unspecified atom stereocenters. The summed E-state index contributed by atoms with van der Waals surface area (Å²) in [6, 6.07) is 3.84. The number of hydrogen-bond donors (Lipinski definition) is 1. The zero-order valence-electron chi connectivity index (χ0n) is 11.5. The maximum absolute atomic E-state index is 10.4. The van der Waals surface area contributed by atoms with E-state index in [2.05, 4.69) is 29.8 Å². The minimum atomic E-state index is -0.464. The predicted molar refractivity (Wildman–Crippen MR) is 78.8 cm³/mol. The number of halogens is 1. The van der Waals surface area contributed by atoms with Crippen LogP contribution >= 0.6 is 15.9 Å². The van der Waals surface area contributed by atoms with Gasteiger partial charge in [-0.1, -0.05) is 20.3 Å². The molecule has 0 aromatic heterocycles. The molecule has 0 radical (unpaired) electrons. The van der Waals surface area contributed by atoms with Crippen LogP contribution in [-0.4, -0.2) is 18.3 Å². The van der Waals surface area contributed by atoms with E-state index < -0.39 is 6.10 Å². The highest BCUT2D eigenvalue weighted by Gasteiger charge is 2.21. The summed E-state index contributed by atoms with van der Waals surface area (Å²) in [5.74, 6) is 1.71. The standard InChI is InChI=1S/C15H21BrO3/c1-3-5-10(2)14(17)11-8-12(16)15-13(9-11)18-6-4-7-19-15/h8-10,14,17H,3-7H2,1-2H3. The molecular formula is C15H21BrO3. The molecule has 0 amide bonds. The van der Waals surface area contributed by atoms with Gasteiger partial charge in [-0.3, -0.25) is 0 Å². The molecule has 0 aliphatic carbocycles. The van der Waals surface area contributed by atoms with Crippen LogP contribution in [0.5, 0.6) is 11.5 Å². The first-order valence-electron chi connectivity index (χ1n) is 6.90. The zero-order valence-corrected chi connectivity index (χ0v) is 13.1. The van der Waals surface area contributed by atoms with E-state index >= 15 is 0 Å². The van der Waals surface area contributed by atoms with Crippen LogP contribution in [0.25, 0.3) is 0 Å². The number of aliphatic hydroxyl groups is 1. The molecule has 0 bridgehead atoms. The Morgan fingerprint density at radius 3 is 2.79 bits per heavy atom. The molecule has 2 rings (SSSR count). The van der Waals surface area contributed by atoms with Gasteiger partial charge in [0.25, 0.3) is 0 Å².